The molecule has 2 rings (SSSR count). The van der Waals surface area contributed by atoms with Crippen LogP contribution in [0.3, 0.4) is 0 Å². The molecule has 0 aliphatic rings. The first kappa shape index (κ1) is 17.5. The molecule has 0 spiro atoms. The predicted molar refractivity (Wildman–Crippen MR) is 96.7 cm³/mol. The lowest BCUT2D eigenvalue weighted by Gasteiger charge is -2.08. The Kier molecular flexibility index (Phi) is 6.61. The van der Waals surface area contributed by atoms with Gasteiger partial charge in [-0.05, 0) is 30.3 Å². The zero-order chi connectivity index (χ0) is 16.7. The van der Waals surface area contributed by atoms with Crippen LogP contribution >= 0.6 is 34.8 Å². The van der Waals surface area contributed by atoms with Crippen molar-refractivity contribution >= 4 is 41.0 Å². The van der Waals surface area contributed by atoms with Crippen LogP contribution in [0.15, 0.2) is 41.5 Å². The van der Waals surface area contributed by atoms with Gasteiger partial charge in [-0.25, -0.2) is 0 Å². The van der Waals surface area contributed by atoms with Gasteiger partial charge in [-0.15, -0.1) is 6.42 Å². The highest BCUT2D eigenvalue weighted by molar-refractivity contribution is 6.36. The second-order valence-electron chi connectivity index (χ2n) is 4.47. The predicted octanol–water partition coefficient (Wildman–Crippen LogP) is 4.78. The minimum absolute atomic E-state index is 0.172. The molecule has 0 atom stereocenters. The van der Waals surface area contributed by atoms with Crippen molar-refractivity contribution < 1.29 is 4.74 Å². The van der Waals surface area contributed by atoms with E-state index in [0.717, 1.165) is 5.56 Å². The van der Waals surface area contributed by atoms with E-state index in [2.05, 4.69) is 16.4 Å². The third-order valence-electron chi connectivity index (χ3n) is 2.90. The van der Waals surface area contributed by atoms with Crippen molar-refractivity contribution in [3.8, 4) is 18.1 Å². The molecular formula is C17H13Cl3N2O. The number of rotatable bonds is 6. The van der Waals surface area contributed by atoms with Crippen LogP contribution in [0.5, 0.6) is 5.75 Å². The maximum atomic E-state index is 6.10. The van der Waals surface area contributed by atoms with E-state index in [1.54, 1.807) is 42.6 Å². The molecule has 2 aromatic carbocycles. The monoisotopic (exact) mass is 366 g/mol. The van der Waals surface area contributed by atoms with Crippen molar-refractivity contribution in [2.24, 2.45) is 5.10 Å². The first-order valence-corrected chi connectivity index (χ1v) is 7.80. The molecule has 0 aliphatic heterocycles. The Balaban J connectivity index is 2.06. The number of terminal acetylenes is 1. The lowest BCUT2D eigenvalue weighted by atomic mass is 10.2. The van der Waals surface area contributed by atoms with E-state index < -0.39 is 0 Å². The zero-order valence-electron chi connectivity index (χ0n) is 12.0. The topological polar surface area (TPSA) is 33.6 Å². The molecule has 0 saturated carbocycles. The molecule has 0 fully saturated rings. The molecule has 0 heterocycles. The Morgan fingerprint density at radius 2 is 1.91 bits per heavy atom. The van der Waals surface area contributed by atoms with Crippen LogP contribution < -0.4 is 10.2 Å². The first-order valence-electron chi connectivity index (χ1n) is 6.66. The number of halogens is 3. The summed E-state index contributed by atoms with van der Waals surface area (Å²) in [5, 5.41) is 5.89. The van der Waals surface area contributed by atoms with Crippen LogP contribution in [-0.4, -0.2) is 12.8 Å². The van der Waals surface area contributed by atoms with Crippen LogP contribution in [-0.2, 0) is 6.54 Å². The van der Waals surface area contributed by atoms with Crippen molar-refractivity contribution in [3.63, 3.8) is 0 Å². The van der Waals surface area contributed by atoms with Gasteiger partial charge in [0.15, 0.2) is 0 Å². The number of hydrazone groups is 1. The van der Waals surface area contributed by atoms with Crippen molar-refractivity contribution in [3.05, 3.63) is 62.6 Å². The molecule has 1 N–H and O–H groups in total. The molecule has 0 unspecified atom stereocenters. The van der Waals surface area contributed by atoms with E-state index in [4.69, 9.17) is 46.0 Å². The quantitative estimate of drug-likeness (QED) is 0.453. The van der Waals surface area contributed by atoms with Gasteiger partial charge in [0.25, 0.3) is 0 Å². The summed E-state index contributed by atoms with van der Waals surface area (Å²) in [6.45, 7) is 0.571. The summed E-state index contributed by atoms with van der Waals surface area (Å²) >= 11 is 18.2. The molecule has 0 saturated heterocycles. The largest absolute Gasteiger partial charge is 0.480 e. The van der Waals surface area contributed by atoms with Gasteiger partial charge in [0.2, 0.25) is 0 Å². The minimum atomic E-state index is 0.172. The lowest BCUT2D eigenvalue weighted by molar-refractivity contribution is 0.370. The Hall–Kier alpha value is -1.86. The smallest absolute Gasteiger partial charge is 0.148 e. The van der Waals surface area contributed by atoms with E-state index in [-0.39, 0.29) is 6.61 Å². The summed E-state index contributed by atoms with van der Waals surface area (Å²) in [5.41, 5.74) is 4.39. The fourth-order valence-electron chi connectivity index (χ4n) is 1.81. The lowest BCUT2D eigenvalue weighted by Crippen LogP contribution is -2.07. The Morgan fingerprint density at radius 1 is 1.17 bits per heavy atom. The van der Waals surface area contributed by atoms with Crippen LogP contribution in [0.4, 0.5) is 0 Å². The highest BCUT2D eigenvalue weighted by Crippen LogP contribution is 2.24. The molecule has 0 aromatic heterocycles. The molecule has 0 amide bonds. The normalized spacial score (nSPS) is 10.5. The average Bonchev–Trinajstić information content (AvgIpc) is 2.53. The van der Waals surface area contributed by atoms with Crippen molar-refractivity contribution in [1.29, 1.82) is 0 Å². The standard InChI is InChI=1S/C17H13Cl3N2O/c1-2-8-23-17-7-6-13(18)9-12(17)10-21-22-11-14-15(19)4-3-5-16(14)20/h1,3-7,9-10,22H,8,11H2/b21-10-. The van der Waals surface area contributed by atoms with Gasteiger partial charge >= 0.3 is 0 Å². The maximum absolute atomic E-state index is 6.10. The number of benzene rings is 2. The molecule has 23 heavy (non-hydrogen) atoms. The van der Waals surface area contributed by atoms with Crippen molar-refractivity contribution in [1.82, 2.24) is 5.43 Å². The highest BCUT2D eigenvalue weighted by Gasteiger charge is 2.05. The molecule has 3 nitrogen and oxygen atoms in total. The van der Waals surface area contributed by atoms with Gasteiger partial charge in [0.1, 0.15) is 12.4 Å². The molecular weight excluding hydrogens is 355 g/mol. The van der Waals surface area contributed by atoms with E-state index in [1.165, 1.54) is 0 Å². The summed E-state index contributed by atoms with van der Waals surface area (Å²) in [6.07, 6.45) is 6.80. The number of hydrogen-bond acceptors (Lipinski definition) is 3. The van der Waals surface area contributed by atoms with Crippen molar-refractivity contribution in [2.45, 2.75) is 6.54 Å². The third-order valence-corrected chi connectivity index (χ3v) is 3.84. The number of ether oxygens (including phenoxy) is 1. The summed E-state index contributed by atoms with van der Waals surface area (Å²) in [6, 6.07) is 10.5. The fraction of sp³-hybridized carbons (Fsp3) is 0.118. The van der Waals surface area contributed by atoms with Crippen molar-refractivity contribution in [2.75, 3.05) is 6.61 Å². The van der Waals surface area contributed by atoms with Gasteiger partial charge in [-0.1, -0.05) is 46.8 Å². The minimum Gasteiger partial charge on any atom is -0.480 e. The highest BCUT2D eigenvalue weighted by atomic mass is 35.5. The van der Waals surface area contributed by atoms with E-state index in [0.29, 0.717) is 32.9 Å². The Labute approximate surface area is 150 Å². The van der Waals surface area contributed by atoms with Gasteiger partial charge in [0.05, 0.1) is 12.8 Å². The number of hydrogen-bond donors (Lipinski definition) is 1. The Morgan fingerprint density at radius 3 is 2.61 bits per heavy atom. The van der Waals surface area contributed by atoms with E-state index in [9.17, 15) is 0 Å². The van der Waals surface area contributed by atoms with E-state index >= 15 is 0 Å². The fourth-order valence-corrected chi connectivity index (χ4v) is 2.52. The first-order chi connectivity index (χ1) is 11.1. The summed E-state index contributed by atoms with van der Waals surface area (Å²) < 4.78 is 5.44. The molecule has 6 heteroatoms. The van der Waals surface area contributed by atoms with Gasteiger partial charge < -0.3 is 10.2 Å². The average molecular weight is 368 g/mol. The van der Waals surface area contributed by atoms with Crippen LogP contribution in [0.1, 0.15) is 11.1 Å². The molecule has 0 radical (unpaired) electrons. The van der Waals surface area contributed by atoms with Crippen LogP contribution in [0, 0.1) is 12.3 Å². The second-order valence-corrected chi connectivity index (χ2v) is 5.72. The Bertz CT molecular complexity index is 734. The van der Waals surface area contributed by atoms with Gasteiger partial charge in [-0.3, -0.25) is 0 Å². The molecule has 118 valence electrons. The van der Waals surface area contributed by atoms with Crippen LogP contribution in [0.2, 0.25) is 15.1 Å². The molecule has 2 aromatic rings. The summed E-state index contributed by atoms with van der Waals surface area (Å²) in [4.78, 5) is 0. The van der Waals surface area contributed by atoms with Crippen LogP contribution in [0.25, 0.3) is 0 Å². The third kappa shape index (κ3) is 5.07. The second kappa shape index (κ2) is 8.69. The van der Waals surface area contributed by atoms with E-state index in [1.807, 2.05) is 0 Å². The molecule has 0 bridgehead atoms. The SMILES string of the molecule is C#CCOc1ccc(Cl)cc1/C=N\NCc1c(Cl)cccc1Cl. The molecule has 0 aliphatic carbocycles. The number of nitrogens with zero attached hydrogens (tertiary/aromatic N) is 1. The van der Waals surface area contributed by atoms with Gasteiger partial charge in [-0.2, -0.15) is 5.10 Å². The van der Waals surface area contributed by atoms with Gasteiger partial charge in [0, 0.05) is 26.2 Å². The summed E-state index contributed by atoms with van der Waals surface area (Å²) in [7, 11) is 0. The zero-order valence-corrected chi connectivity index (χ0v) is 14.3. The summed E-state index contributed by atoms with van der Waals surface area (Å²) in [5.74, 6) is 3.02. The number of nitrogens with one attached hydrogen (secondary N) is 1. The maximum Gasteiger partial charge on any atom is 0.148 e.